The number of carbonyl (C=O) groups excluding carboxylic acids is 2. The van der Waals surface area contributed by atoms with Crippen LogP contribution in [-0.2, 0) is 28.9 Å². The number of rotatable bonds is 3. The van der Waals surface area contributed by atoms with E-state index in [1.807, 2.05) is 0 Å². The molecule has 4 rings (SSSR count). The van der Waals surface area contributed by atoms with Crippen molar-refractivity contribution in [3.8, 4) is 0 Å². The Labute approximate surface area is 173 Å². The fourth-order valence-electron chi connectivity index (χ4n) is 4.08. The van der Waals surface area contributed by atoms with Crippen molar-refractivity contribution in [1.82, 2.24) is 19.4 Å². The maximum absolute atomic E-state index is 13.1. The summed E-state index contributed by atoms with van der Waals surface area (Å²) in [6.45, 7) is 6.07. The van der Waals surface area contributed by atoms with Gasteiger partial charge in [0.25, 0.3) is 5.56 Å². The molecule has 1 aliphatic carbocycles. The predicted molar refractivity (Wildman–Crippen MR) is 110 cm³/mol. The van der Waals surface area contributed by atoms with Gasteiger partial charge in [-0.25, -0.2) is 9.78 Å². The van der Waals surface area contributed by atoms with Crippen molar-refractivity contribution in [1.29, 1.82) is 0 Å². The summed E-state index contributed by atoms with van der Waals surface area (Å²) in [5.41, 5.74) is 1.01. The number of thiophene rings is 1. The third kappa shape index (κ3) is 3.88. The first-order valence-corrected chi connectivity index (χ1v) is 11.0. The standard InChI is InChI=1S/C20H26N4O4S/c1-3-28-20(27)23-8-6-22(7-9-23)16(25)11-24-12-21-18-17(19(24)26)14-5-4-13(2)10-15(14)29-18/h12-13H,3-11H2,1-2H3. The third-order valence-corrected chi connectivity index (χ3v) is 6.91. The van der Waals surface area contributed by atoms with Crippen LogP contribution in [0.3, 0.4) is 0 Å². The lowest BCUT2D eigenvalue weighted by Crippen LogP contribution is -2.51. The van der Waals surface area contributed by atoms with Crippen molar-refractivity contribution < 1.29 is 14.3 Å². The Bertz CT molecular complexity index is 990. The summed E-state index contributed by atoms with van der Waals surface area (Å²) in [5.74, 6) is 0.502. The van der Waals surface area contributed by atoms with Gasteiger partial charge >= 0.3 is 6.09 Å². The van der Waals surface area contributed by atoms with E-state index in [1.54, 1.807) is 28.1 Å². The molecule has 8 nitrogen and oxygen atoms in total. The van der Waals surface area contributed by atoms with Crippen LogP contribution in [0.1, 0.15) is 30.7 Å². The minimum atomic E-state index is -0.345. The molecule has 1 atom stereocenters. The Morgan fingerprint density at radius 1 is 1.24 bits per heavy atom. The Hall–Kier alpha value is -2.42. The maximum Gasteiger partial charge on any atom is 0.409 e. The summed E-state index contributed by atoms with van der Waals surface area (Å²) in [6, 6.07) is 0. The van der Waals surface area contributed by atoms with Gasteiger partial charge in [0, 0.05) is 31.1 Å². The fraction of sp³-hybridized carbons (Fsp3) is 0.600. The van der Waals surface area contributed by atoms with Gasteiger partial charge in [-0.1, -0.05) is 6.92 Å². The molecular weight excluding hydrogens is 392 g/mol. The smallest absolute Gasteiger partial charge is 0.409 e. The lowest BCUT2D eigenvalue weighted by molar-refractivity contribution is -0.133. The molecule has 2 amide bonds. The lowest BCUT2D eigenvalue weighted by Gasteiger charge is -2.34. The zero-order chi connectivity index (χ0) is 20.5. The van der Waals surface area contributed by atoms with Crippen LogP contribution < -0.4 is 5.56 Å². The highest BCUT2D eigenvalue weighted by Gasteiger charge is 2.26. The molecule has 0 radical (unpaired) electrons. The molecule has 1 unspecified atom stereocenters. The molecule has 1 aliphatic heterocycles. The summed E-state index contributed by atoms with van der Waals surface area (Å²) < 4.78 is 6.43. The predicted octanol–water partition coefficient (Wildman–Crippen LogP) is 1.88. The van der Waals surface area contributed by atoms with Crippen LogP contribution >= 0.6 is 11.3 Å². The molecular formula is C20H26N4O4S. The third-order valence-electron chi connectivity index (χ3n) is 5.75. The van der Waals surface area contributed by atoms with Gasteiger partial charge in [0.05, 0.1) is 18.3 Å². The molecule has 0 N–H and O–H groups in total. The van der Waals surface area contributed by atoms with E-state index in [0.717, 1.165) is 29.7 Å². The van der Waals surface area contributed by atoms with E-state index in [4.69, 9.17) is 4.74 Å². The first-order chi connectivity index (χ1) is 14.0. The molecule has 1 saturated heterocycles. The fourth-order valence-corrected chi connectivity index (χ4v) is 5.42. The minimum Gasteiger partial charge on any atom is -0.450 e. The quantitative estimate of drug-likeness (QED) is 0.760. The van der Waals surface area contributed by atoms with Crippen LogP contribution in [0.25, 0.3) is 10.2 Å². The van der Waals surface area contributed by atoms with E-state index in [9.17, 15) is 14.4 Å². The number of nitrogens with zero attached hydrogens (tertiary/aromatic N) is 4. The Kier molecular flexibility index (Phi) is 5.58. The number of carbonyl (C=O) groups is 2. The number of aromatic nitrogens is 2. The Morgan fingerprint density at radius 2 is 1.97 bits per heavy atom. The van der Waals surface area contributed by atoms with Crippen molar-refractivity contribution >= 4 is 33.6 Å². The number of aryl methyl sites for hydroxylation is 1. The second-order valence-electron chi connectivity index (χ2n) is 7.78. The van der Waals surface area contributed by atoms with Gasteiger partial charge in [0.1, 0.15) is 11.4 Å². The van der Waals surface area contributed by atoms with Gasteiger partial charge < -0.3 is 14.5 Å². The van der Waals surface area contributed by atoms with Crippen LogP contribution in [0.5, 0.6) is 0 Å². The summed E-state index contributed by atoms with van der Waals surface area (Å²) in [7, 11) is 0. The van der Waals surface area contributed by atoms with Gasteiger partial charge in [0.15, 0.2) is 0 Å². The highest BCUT2D eigenvalue weighted by atomic mass is 32.1. The number of hydrogen-bond acceptors (Lipinski definition) is 6. The summed E-state index contributed by atoms with van der Waals surface area (Å²) >= 11 is 1.61. The average Bonchev–Trinajstić information content (AvgIpc) is 3.08. The van der Waals surface area contributed by atoms with Crippen molar-refractivity contribution in [3.05, 3.63) is 27.1 Å². The van der Waals surface area contributed by atoms with E-state index < -0.39 is 0 Å². The van der Waals surface area contributed by atoms with Crippen molar-refractivity contribution in [2.45, 2.75) is 39.7 Å². The monoisotopic (exact) mass is 418 g/mol. The SMILES string of the molecule is CCOC(=O)N1CCN(C(=O)Cn2cnc3sc4c(c3c2=O)CCC(C)C4)CC1. The minimum absolute atomic E-state index is 0.0256. The summed E-state index contributed by atoms with van der Waals surface area (Å²) in [5, 5.41) is 0.694. The average molecular weight is 419 g/mol. The first kappa shape index (κ1) is 19.9. The Balaban J connectivity index is 1.47. The molecule has 0 spiro atoms. The number of ether oxygens (including phenoxy) is 1. The van der Waals surface area contributed by atoms with Crippen molar-refractivity contribution in [2.75, 3.05) is 32.8 Å². The molecule has 3 heterocycles. The number of hydrogen-bond donors (Lipinski definition) is 0. The largest absolute Gasteiger partial charge is 0.450 e. The molecule has 156 valence electrons. The van der Waals surface area contributed by atoms with Crippen molar-refractivity contribution in [2.24, 2.45) is 5.92 Å². The second-order valence-corrected chi connectivity index (χ2v) is 8.86. The lowest BCUT2D eigenvalue weighted by atomic mass is 9.89. The first-order valence-electron chi connectivity index (χ1n) is 10.2. The van der Waals surface area contributed by atoms with Crippen LogP contribution in [0, 0.1) is 5.92 Å². The van der Waals surface area contributed by atoms with Gasteiger partial charge in [0.2, 0.25) is 5.91 Å². The topological polar surface area (TPSA) is 84.7 Å². The van der Waals surface area contributed by atoms with Gasteiger partial charge in [-0.2, -0.15) is 0 Å². The zero-order valence-corrected chi connectivity index (χ0v) is 17.7. The zero-order valence-electron chi connectivity index (χ0n) is 16.8. The van der Waals surface area contributed by atoms with E-state index in [-0.39, 0.29) is 24.1 Å². The molecule has 2 aromatic heterocycles. The van der Waals surface area contributed by atoms with E-state index in [2.05, 4.69) is 11.9 Å². The molecule has 1 fully saturated rings. The molecule has 0 aromatic carbocycles. The number of piperazine rings is 1. The second kappa shape index (κ2) is 8.14. The Morgan fingerprint density at radius 3 is 2.69 bits per heavy atom. The summed E-state index contributed by atoms with van der Waals surface area (Å²) in [4.78, 5) is 47.4. The summed E-state index contributed by atoms with van der Waals surface area (Å²) in [6.07, 6.45) is 4.13. The van der Waals surface area contributed by atoms with Crippen LogP contribution in [-0.4, -0.2) is 64.1 Å². The maximum atomic E-state index is 13.1. The highest BCUT2D eigenvalue weighted by Crippen LogP contribution is 2.35. The van der Waals surface area contributed by atoms with Crippen LogP contribution in [0.15, 0.2) is 11.1 Å². The van der Waals surface area contributed by atoms with Crippen molar-refractivity contribution in [3.63, 3.8) is 0 Å². The highest BCUT2D eigenvalue weighted by molar-refractivity contribution is 7.18. The van der Waals surface area contributed by atoms with Crippen LogP contribution in [0.2, 0.25) is 0 Å². The molecule has 2 aliphatic rings. The molecule has 2 aromatic rings. The van der Waals surface area contributed by atoms with E-state index in [0.29, 0.717) is 44.1 Å². The van der Waals surface area contributed by atoms with Gasteiger partial charge in [-0.15, -0.1) is 11.3 Å². The molecule has 9 heteroatoms. The number of fused-ring (bicyclic) bond motifs is 3. The van der Waals surface area contributed by atoms with E-state index in [1.165, 1.54) is 15.8 Å². The molecule has 0 bridgehead atoms. The molecule has 0 saturated carbocycles. The number of amides is 2. The van der Waals surface area contributed by atoms with Gasteiger partial charge in [-0.05, 0) is 37.7 Å². The van der Waals surface area contributed by atoms with Gasteiger partial charge in [-0.3, -0.25) is 14.2 Å². The van der Waals surface area contributed by atoms with Crippen LogP contribution in [0.4, 0.5) is 4.79 Å². The normalized spacial score (nSPS) is 19.3. The van der Waals surface area contributed by atoms with E-state index >= 15 is 0 Å². The molecule has 29 heavy (non-hydrogen) atoms.